The van der Waals surface area contributed by atoms with Crippen LogP contribution in [0.5, 0.6) is 5.75 Å². The zero-order chi connectivity index (χ0) is 25.5. The maximum Gasteiger partial charge on any atom is 0.119 e. The van der Waals surface area contributed by atoms with E-state index in [2.05, 4.69) is 82.7 Å². The number of hydrogen-bond acceptors (Lipinski definition) is 2. The highest BCUT2D eigenvalue weighted by Gasteiger charge is 2.41. The first-order chi connectivity index (χ1) is 17.6. The van der Waals surface area contributed by atoms with Gasteiger partial charge in [0.1, 0.15) is 11.4 Å². The van der Waals surface area contributed by atoms with Gasteiger partial charge in [0.05, 0.1) is 0 Å². The zero-order valence-corrected chi connectivity index (χ0v) is 22.8. The average Bonchev–Trinajstić information content (AvgIpc) is 3.55. The molecule has 0 heterocycles. The number of allylic oxidation sites excluding steroid dienone is 1. The maximum absolute atomic E-state index is 9.76. The Balaban J connectivity index is 0.000000159. The Morgan fingerprint density at radius 1 is 0.778 bits per heavy atom. The summed E-state index contributed by atoms with van der Waals surface area (Å²) in [5.41, 5.74) is 8.28. The predicted octanol–water partition coefficient (Wildman–Crippen LogP) is 8.69. The van der Waals surface area contributed by atoms with Gasteiger partial charge >= 0.3 is 0 Å². The minimum absolute atomic E-state index is 0.277. The standard InChI is InChI=1S/C16H15BrO.C15H12O.C2H6/c1-18-16(12-6-3-2-4-7-12)11-10-13-14(16)8-5-9-15(13)17;16-15-8-4-7-13-12(9-10-14(13)15)11-5-2-1-3-6-11;1-2/h2-9H,10-11H2,1H3;1-9,16H,10H2;1-2H3. The predicted molar refractivity (Wildman–Crippen MR) is 153 cm³/mol. The third-order valence-corrected chi connectivity index (χ3v) is 7.65. The molecule has 2 aliphatic carbocycles. The van der Waals surface area contributed by atoms with Crippen molar-refractivity contribution in [3.63, 3.8) is 0 Å². The van der Waals surface area contributed by atoms with Crippen LogP contribution in [0.15, 0.2) is 108 Å². The summed E-state index contributed by atoms with van der Waals surface area (Å²) in [6, 6.07) is 32.9. The van der Waals surface area contributed by atoms with Crippen LogP contribution in [0, 0.1) is 0 Å². The summed E-state index contributed by atoms with van der Waals surface area (Å²) in [4.78, 5) is 0. The molecule has 184 valence electrons. The number of phenolic OH excluding ortho intramolecular Hbond substituents is 1. The summed E-state index contributed by atoms with van der Waals surface area (Å²) in [5.74, 6) is 0.402. The fraction of sp³-hybridized carbons (Fsp3) is 0.212. The normalized spacial score (nSPS) is 17.1. The van der Waals surface area contributed by atoms with Crippen molar-refractivity contribution in [3.8, 4) is 5.75 Å². The molecular weight excluding hydrogens is 508 g/mol. The summed E-state index contributed by atoms with van der Waals surface area (Å²) in [6.07, 6.45) is 5.07. The van der Waals surface area contributed by atoms with E-state index in [1.807, 2.05) is 51.3 Å². The number of aromatic hydroxyl groups is 1. The van der Waals surface area contributed by atoms with Crippen LogP contribution in [0.3, 0.4) is 0 Å². The highest BCUT2D eigenvalue weighted by molar-refractivity contribution is 9.10. The molecule has 2 nitrogen and oxygen atoms in total. The lowest BCUT2D eigenvalue weighted by atomic mass is 9.87. The monoisotopic (exact) mass is 540 g/mol. The molecule has 0 aromatic heterocycles. The highest BCUT2D eigenvalue weighted by Crippen LogP contribution is 2.46. The molecule has 1 atom stereocenters. The van der Waals surface area contributed by atoms with E-state index >= 15 is 0 Å². The van der Waals surface area contributed by atoms with Crippen LogP contribution in [0.2, 0.25) is 0 Å². The van der Waals surface area contributed by atoms with Gasteiger partial charge in [-0.2, -0.15) is 0 Å². The lowest BCUT2D eigenvalue weighted by molar-refractivity contribution is 0.0238. The van der Waals surface area contributed by atoms with Gasteiger partial charge < -0.3 is 9.84 Å². The molecule has 4 aromatic carbocycles. The van der Waals surface area contributed by atoms with Crippen molar-refractivity contribution in [2.24, 2.45) is 0 Å². The summed E-state index contributed by atoms with van der Waals surface area (Å²) >= 11 is 3.65. The van der Waals surface area contributed by atoms with E-state index in [1.54, 1.807) is 6.07 Å². The Morgan fingerprint density at radius 3 is 2.14 bits per heavy atom. The molecule has 0 spiro atoms. The van der Waals surface area contributed by atoms with Crippen LogP contribution >= 0.6 is 15.9 Å². The van der Waals surface area contributed by atoms with Crippen molar-refractivity contribution in [1.29, 1.82) is 0 Å². The second kappa shape index (κ2) is 11.7. The van der Waals surface area contributed by atoms with Crippen molar-refractivity contribution < 1.29 is 9.84 Å². The van der Waals surface area contributed by atoms with Crippen LogP contribution in [-0.4, -0.2) is 12.2 Å². The zero-order valence-electron chi connectivity index (χ0n) is 21.2. The molecule has 0 bridgehead atoms. The number of rotatable bonds is 3. The third kappa shape index (κ3) is 4.91. The van der Waals surface area contributed by atoms with Crippen molar-refractivity contribution in [1.82, 2.24) is 0 Å². The summed E-state index contributed by atoms with van der Waals surface area (Å²) < 4.78 is 7.14. The Bertz CT molecular complexity index is 1330. The molecule has 6 rings (SSSR count). The number of hydrogen-bond donors (Lipinski definition) is 1. The molecule has 36 heavy (non-hydrogen) atoms. The van der Waals surface area contributed by atoms with E-state index in [1.165, 1.54) is 32.3 Å². The Kier molecular flexibility index (Phi) is 8.45. The van der Waals surface area contributed by atoms with Gasteiger partial charge in [-0.1, -0.05) is 121 Å². The Labute approximate surface area is 223 Å². The van der Waals surface area contributed by atoms with E-state index in [4.69, 9.17) is 4.74 Å². The summed E-state index contributed by atoms with van der Waals surface area (Å²) in [7, 11) is 1.81. The number of benzene rings is 4. The SMILES string of the molecule is CC.COC1(c2ccccc2)CCc2c(Br)cccc21.Oc1cccc2c1CC=C2c1ccccc1. The molecule has 2 aliphatic rings. The number of halogens is 1. The number of methoxy groups -OCH3 is 1. The van der Waals surface area contributed by atoms with Crippen LogP contribution in [0.4, 0.5) is 0 Å². The van der Waals surface area contributed by atoms with E-state index in [0.29, 0.717) is 5.75 Å². The minimum atomic E-state index is -0.277. The van der Waals surface area contributed by atoms with E-state index < -0.39 is 0 Å². The maximum atomic E-state index is 9.76. The van der Waals surface area contributed by atoms with Gasteiger partial charge in [0, 0.05) is 17.1 Å². The Morgan fingerprint density at radius 2 is 1.44 bits per heavy atom. The summed E-state index contributed by atoms with van der Waals surface area (Å²) in [5, 5.41) is 9.76. The summed E-state index contributed by atoms with van der Waals surface area (Å²) in [6.45, 7) is 4.00. The van der Waals surface area contributed by atoms with E-state index in [9.17, 15) is 5.11 Å². The molecule has 0 aliphatic heterocycles. The first-order valence-corrected chi connectivity index (χ1v) is 13.4. The van der Waals surface area contributed by atoms with Gasteiger partial charge in [-0.15, -0.1) is 0 Å². The molecule has 1 unspecified atom stereocenters. The highest BCUT2D eigenvalue weighted by atomic mass is 79.9. The van der Waals surface area contributed by atoms with Crippen molar-refractivity contribution in [3.05, 3.63) is 141 Å². The molecule has 1 N–H and O–H groups in total. The second-order valence-corrected chi connectivity index (χ2v) is 9.51. The number of ether oxygens (including phenoxy) is 1. The molecule has 0 fully saturated rings. The van der Waals surface area contributed by atoms with Crippen molar-refractivity contribution >= 4 is 21.5 Å². The molecule has 0 amide bonds. The fourth-order valence-electron chi connectivity index (χ4n) is 5.21. The van der Waals surface area contributed by atoms with Gasteiger partial charge in [-0.25, -0.2) is 0 Å². The van der Waals surface area contributed by atoms with Crippen LogP contribution in [0.25, 0.3) is 5.57 Å². The van der Waals surface area contributed by atoms with Gasteiger partial charge in [0.15, 0.2) is 0 Å². The molecule has 0 saturated carbocycles. The third-order valence-electron chi connectivity index (χ3n) is 6.91. The van der Waals surface area contributed by atoms with Gasteiger partial charge in [0.2, 0.25) is 0 Å². The van der Waals surface area contributed by atoms with E-state index in [0.717, 1.165) is 30.4 Å². The number of fused-ring (bicyclic) bond motifs is 2. The smallest absolute Gasteiger partial charge is 0.119 e. The van der Waals surface area contributed by atoms with Gasteiger partial charge in [-0.05, 0) is 64.8 Å². The fourth-order valence-corrected chi connectivity index (χ4v) is 5.77. The van der Waals surface area contributed by atoms with Crippen molar-refractivity contribution in [2.45, 2.75) is 38.7 Å². The lowest BCUT2D eigenvalue weighted by Crippen LogP contribution is -2.26. The topological polar surface area (TPSA) is 29.5 Å². The Hall–Kier alpha value is -3.14. The van der Waals surface area contributed by atoms with Gasteiger partial charge in [0.25, 0.3) is 0 Å². The lowest BCUT2D eigenvalue weighted by Gasteiger charge is -2.29. The number of phenols is 1. The van der Waals surface area contributed by atoms with Crippen LogP contribution < -0.4 is 0 Å². The van der Waals surface area contributed by atoms with Crippen LogP contribution in [0.1, 0.15) is 53.6 Å². The molecular formula is C33H33BrO2. The minimum Gasteiger partial charge on any atom is -0.508 e. The largest absolute Gasteiger partial charge is 0.508 e. The molecule has 0 saturated heterocycles. The molecule has 0 radical (unpaired) electrons. The van der Waals surface area contributed by atoms with Crippen LogP contribution in [-0.2, 0) is 23.2 Å². The quantitative estimate of drug-likeness (QED) is 0.281. The average molecular weight is 542 g/mol. The van der Waals surface area contributed by atoms with E-state index in [-0.39, 0.29) is 5.60 Å². The molecule has 3 heteroatoms. The second-order valence-electron chi connectivity index (χ2n) is 8.65. The first-order valence-electron chi connectivity index (χ1n) is 12.6. The molecule has 4 aromatic rings. The van der Waals surface area contributed by atoms with Gasteiger partial charge in [-0.3, -0.25) is 0 Å². The van der Waals surface area contributed by atoms with Crippen molar-refractivity contribution in [2.75, 3.05) is 7.11 Å². The first kappa shape index (κ1) is 25.9.